The fourth-order valence-electron chi connectivity index (χ4n) is 6.40. The molecule has 0 unspecified atom stereocenters. The van der Waals surface area contributed by atoms with Gasteiger partial charge in [-0.2, -0.15) is 0 Å². The van der Waals surface area contributed by atoms with Crippen molar-refractivity contribution in [2.75, 3.05) is 19.8 Å². The third-order valence-corrected chi connectivity index (χ3v) is 9.83. The van der Waals surface area contributed by atoms with E-state index in [-0.39, 0.29) is 21.7 Å². The van der Waals surface area contributed by atoms with Crippen molar-refractivity contribution >= 4 is 17.2 Å². The van der Waals surface area contributed by atoms with Crippen molar-refractivity contribution in [1.82, 2.24) is 0 Å². The van der Waals surface area contributed by atoms with Crippen LogP contribution in [-0.2, 0) is 45.4 Å². The summed E-state index contributed by atoms with van der Waals surface area (Å²) in [5.74, 6) is 0. The molecule has 0 amide bonds. The van der Waals surface area contributed by atoms with E-state index < -0.39 is 28.2 Å². The summed E-state index contributed by atoms with van der Waals surface area (Å²) >= 11 is 0. The van der Waals surface area contributed by atoms with Gasteiger partial charge in [-0.3, -0.25) is 4.52 Å². The summed E-state index contributed by atoms with van der Waals surface area (Å²) in [6, 6.07) is 12.9. The predicted molar refractivity (Wildman–Crippen MR) is 168 cm³/mol. The lowest BCUT2D eigenvalue weighted by atomic mass is 9.56. The standard InChI is InChI=1S/C33H50O6P2/c1-28(2,3)22-15-13-16-23(29(4,5)6)26(22)33(39-40(34)35,32-19-36-41(37-20-32)38-21-32)27-24(30(7,8)9)17-14-18-25(27)31(10,11)12/h13-18,34-35H,19-21H2,1-12H3. The van der Waals surface area contributed by atoms with Crippen LogP contribution in [0.5, 0.6) is 0 Å². The average molecular weight is 605 g/mol. The maximum absolute atomic E-state index is 11.0. The Morgan fingerprint density at radius 2 is 0.902 bits per heavy atom. The van der Waals surface area contributed by atoms with Crippen LogP contribution in [0.25, 0.3) is 0 Å². The maximum atomic E-state index is 11.0. The number of benzene rings is 2. The van der Waals surface area contributed by atoms with E-state index >= 15 is 0 Å². The molecule has 8 heteroatoms. The van der Waals surface area contributed by atoms with Gasteiger partial charge in [0.2, 0.25) is 0 Å². The molecule has 0 radical (unpaired) electrons. The van der Waals surface area contributed by atoms with Gasteiger partial charge in [-0.25, -0.2) is 0 Å². The lowest BCUT2D eigenvalue weighted by Gasteiger charge is -2.58. The molecule has 2 N–H and O–H groups in total. The molecule has 5 rings (SSSR count). The summed E-state index contributed by atoms with van der Waals surface area (Å²) in [6.07, 6.45) is 0. The Morgan fingerprint density at radius 1 is 0.610 bits per heavy atom. The molecule has 3 saturated heterocycles. The minimum atomic E-state index is -2.84. The highest BCUT2D eigenvalue weighted by atomic mass is 31.2. The van der Waals surface area contributed by atoms with E-state index in [2.05, 4.69) is 119 Å². The molecule has 228 valence electrons. The van der Waals surface area contributed by atoms with Crippen LogP contribution in [0.1, 0.15) is 116 Å². The summed E-state index contributed by atoms with van der Waals surface area (Å²) in [6.45, 7) is 27.3. The molecule has 2 bridgehead atoms. The van der Waals surface area contributed by atoms with Gasteiger partial charge >= 0.3 is 17.2 Å². The van der Waals surface area contributed by atoms with Gasteiger partial charge in [-0.05, 0) is 55.0 Å². The van der Waals surface area contributed by atoms with Crippen LogP contribution in [0.2, 0.25) is 0 Å². The average Bonchev–Trinajstić information content (AvgIpc) is 2.85. The minimum Gasteiger partial charge on any atom is -0.328 e. The van der Waals surface area contributed by atoms with Crippen molar-refractivity contribution in [2.24, 2.45) is 5.41 Å². The molecule has 0 aromatic heterocycles. The molecule has 2 aromatic rings. The van der Waals surface area contributed by atoms with Crippen LogP contribution in [0.15, 0.2) is 36.4 Å². The van der Waals surface area contributed by atoms with Crippen LogP contribution < -0.4 is 0 Å². The van der Waals surface area contributed by atoms with E-state index in [1.165, 1.54) is 0 Å². The van der Waals surface area contributed by atoms with E-state index in [0.717, 1.165) is 33.4 Å². The first-order chi connectivity index (χ1) is 18.7. The van der Waals surface area contributed by atoms with Gasteiger partial charge < -0.3 is 23.4 Å². The third kappa shape index (κ3) is 5.94. The monoisotopic (exact) mass is 604 g/mol. The normalized spacial score (nSPS) is 22.5. The van der Waals surface area contributed by atoms with Crippen molar-refractivity contribution < 1.29 is 27.9 Å². The molecule has 3 aliphatic heterocycles. The van der Waals surface area contributed by atoms with Crippen LogP contribution in [0, 0.1) is 5.41 Å². The smallest absolute Gasteiger partial charge is 0.328 e. The molecule has 3 fully saturated rings. The van der Waals surface area contributed by atoms with E-state index in [9.17, 15) is 9.79 Å². The van der Waals surface area contributed by atoms with Gasteiger partial charge in [-0.15, -0.1) is 0 Å². The molecule has 6 nitrogen and oxygen atoms in total. The summed E-state index contributed by atoms with van der Waals surface area (Å²) in [5.41, 5.74) is 2.73. The number of rotatable bonds is 5. The summed E-state index contributed by atoms with van der Waals surface area (Å²) in [7, 11) is -4.27. The molecule has 0 saturated carbocycles. The van der Waals surface area contributed by atoms with Gasteiger partial charge in [0.15, 0.2) is 0 Å². The van der Waals surface area contributed by atoms with Crippen LogP contribution in [0.3, 0.4) is 0 Å². The second-order valence-corrected chi connectivity index (χ2v) is 17.7. The van der Waals surface area contributed by atoms with E-state index in [0.29, 0.717) is 19.8 Å². The summed E-state index contributed by atoms with van der Waals surface area (Å²) in [4.78, 5) is 22.0. The van der Waals surface area contributed by atoms with Crippen molar-refractivity contribution in [3.8, 4) is 0 Å². The molecular formula is C33H50O6P2. The van der Waals surface area contributed by atoms with Gasteiger partial charge in [0, 0.05) is 0 Å². The van der Waals surface area contributed by atoms with Crippen molar-refractivity contribution in [3.05, 3.63) is 69.8 Å². The van der Waals surface area contributed by atoms with Gasteiger partial charge in [0.1, 0.15) is 5.60 Å². The second-order valence-electron chi connectivity index (χ2n) is 15.8. The van der Waals surface area contributed by atoms with Crippen LogP contribution in [0.4, 0.5) is 0 Å². The zero-order valence-electron chi connectivity index (χ0n) is 27.0. The van der Waals surface area contributed by atoms with Gasteiger partial charge in [0.05, 0.1) is 25.2 Å². The molecule has 3 heterocycles. The van der Waals surface area contributed by atoms with Crippen molar-refractivity contribution in [3.63, 3.8) is 0 Å². The molecule has 2 aromatic carbocycles. The quantitative estimate of drug-likeness (QED) is 0.333. The molecule has 3 aliphatic rings. The third-order valence-electron chi connectivity index (χ3n) is 8.37. The van der Waals surface area contributed by atoms with Crippen molar-refractivity contribution in [2.45, 2.75) is 110 Å². The largest absolute Gasteiger partial charge is 0.332 e. The zero-order valence-corrected chi connectivity index (χ0v) is 28.8. The Bertz CT molecular complexity index is 1100. The molecular weight excluding hydrogens is 554 g/mol. The Hall–Kier alpha value is -0.940. The van der Waals surface area contributed by atoms with Crippen molar-refractivity contribution in [1.29, 1.82) is 0 Å². The summed E-state index contributed by atoms with van der Waals surface area (Å²) < 4.78 is 25.4. The van der Waals surface area contributed by atoms with Gasteiger partial charge in [-0.1, -0.05) is 119 Å². The van der Waals surface area contributed by atoms with E-state index in [1.807, 2.05) is 0 Å². The number of hydrogen-bond donors (Lipinski definition) is 2. The van der Waals surface area contributed by atoms with E-state index in [1.54, 1.807) is 0 Å². The predicted octanol–water partition coefficient (Wildman–Crippen LogP) is 8.64. The molecule has 0 spiro atoms. The first-order valence-electron chi connectivity index (χ1n) is 14.5. The highest BCUT2D eigenvalue weighted by Gasteiger charge is 2.65. The highest BCUT2D eigenvalue weighted by molar-refractivity contribution is 7.41. The summed E-state index contributed by atoms with van der Waals surface area (Å²) in [5, 5.41) is 0. The lowest BCUT2D eigenvalue weighted by molar-refractivity contribution is -0.166. The molecule has 41 heavy (non-hydrogen) atoms. The zero-order chi connectivity index (χ0) is 30.8. The SMILES string of the molecule is CC(C)(C)c1cccc(C(C)(C)C)c1C(OP(O)O)(c1c(C(C)(C)C)cccc1C(C)(C)C)C12COP(OC1)OC2. The minimum absolute atomic E-state index is 0.299. The Balaban J connectivity index is 2.39. The second kappa shape index (κ2) is 10.9. The van der Waals surface area contributed by atoms with Gasteiger partial charge in [0.25, 0.3) is 0 Å². The number of fused-ring (bicyclic) bond motifs is 3. The Morgan fingerprint density at radius 3 is 1.15 bits per heavy atom. The first kappa shape index (κ1) is 33.0. The maximum Gasteiger partial charge on any atom is 0.332 e. The van der Waals surface area contributed by atoms with Crippen LogP contribution in [-0.4, -0.2) is 29.6 Å². The topological polar surface area (TPSA) is 77.4 Å². The van der Waals surface area contributed by atoms with Crippen LogP contribution >= 0.6 is 17.2 Å². The Kier molecular flexibility index (Phi) is 8.76. The molecule has 0 atom stereocenters. The fourth-order valence-corrected chi connectivity index (χ4v) is 8.30. The fraction of sp³-hybridized carbons (Fsp3) is 0.636. The molecule has 0 aliphatic carbocycles. The first-order valence-corrected chi connectivity index (χ1v) is 16.8. The highest BCUT2D eigenvalue weighted by Crippen LogP contribution is 2.67. The van der Waals surface area contributed by atoms with E-state index in [4.69, 9.17) is 18.1 Å². The number of hydrogen-bond acceptors (Lipinski definition) is 6. The Labute approximate surface area is 250 Å². The lowest BCUT2D eigenvalue weighted by Crippen LogP contribution is -2.61.